The van der Waals surface area contributed by atoms with E-state index in [0.717, 1.165) is 22.9 Å². The van der Waals surface area contributed by atoms with E-state index in [-0.39, 0.29) is 24.3 Å². The number of nitrogens with zero attached hydrogens (tertiary/aromatic N) is 3. The molecule has 2 aliphatic heterocycles. The lowest BCUT2D eigenvalue weighted by atomic mass is 10.1. The molecule has 1 fully saturated rings. The molecular formula is C29H34N4O7. The van der Waals surface area contributed by atoms with Gasteiger partial charge in [0.25, 0.3) is 11.8 Å². The van der Waals surface area contributed by atoms with Gasteiger partial charge >= 0.3 is 12.0 Å². The zero-order valence-corrected chi connectivity index (χ0v) is 22.7. The molecule has 0 saturated carbocycles. The average molecular weight is 551 g/mol. The third-order valence-electron chi connectivity index (χ3n) is 6.96. The van der Waals surface area contributed by atoms with Crippen molar-refractivity contribution in [3.05, 3.63) is 71.3 Å². The van der Waals surface area contributed by atoms with Crippen LogP contribution in [0.2, 0.25) is 0 Å². The normalized spacial score (nSPS) is 17.0. The maximum Gasteiger partial charge on any atom is 0.337 e. The van der Waals surface area contributed by atoms with Gasteiger partial charge in [0.1, 0.15) is 12.1 Å². The van der Waals surface area contributed by atoms with Crippen LogP contribution in [-0.2, 0) is 25.6 Å². The molecule has 1 saturated heterocycles. The summed E-state index contributed by atoms with van der Waals surface area (Å²) in [6.45, 7) is 2.46. The minimum absolute atomic E-state index is 0.107. The molecule has 2 aliphatic rings. The smallest absolute Gasteiger partial charge is 0.337 e. The van der Waals surface area contributed by atoms with Gasteiger partial charge in [0, 0.05) is 13.2 Å². The van der Waals surface area contributed by atoms with E-state index >= 15 is 0 Å². The maximum absolute atomic E-state index is 13.8. The molecule has 2 aromatic carbocycles. The van der Waals surface area contributed by atoms with E-state index in [1.54, 1.807) is 36.4 Å². The van der Waals surface area contributed by atoms with Crippen molar-refractivity contribution < 1.29 is 33.4 Å². The molecule has 0 bridgehead atoms. The number of amides is 5. The summed E-state index contributed by atoms with van der Waals surface area (Å²) in [6.07, 6.45) is 2.70. The van der Waals surface area contributed by atoms with E-state index in [4.69, 9.17) is 9.47 Å². The van der Waals surface area contributed by atoms with E-state index in [2.05, 4.69) is 5.32 Å². The first-order chi connectivity index (χ1) is 19.4. The lowest BCUT2D eigenvalue weighted by Crippen LogP contribution is -2.59. The Morgan fingerprint density at radius 3 is 2.30 bits per heavy atom. The number of imide groups is 1. The third kappa shape index (κ3) is 6.15. The molecule has 2 atom stereocenters. The number of carbonyl (C=O) groups is 5. The van der Waals surface area contributed by atoms with Gasteiger partial charge in [-0.2, -0.15) is 5.01 Å². The van der Waals surface area contributed by atoms with Gasteiger partial charge in [0.05, 0.1) is 31.4 Å². The predicted octanol–water partition coefficient (Wildman–Crippen LogP) is 2.76. The quantitative estimate of drug-likeness (QED) is 0.259. The number of hydrogen-bond donors (Lipinski definition) is 1. The number of likely N-dealkylation sites (tertiary alicyclic amines) is 1. The number of unbranched alkanes of at least 4 members (excludes halogenated alkanes) is 1. The maximum atomic E-state index is 13.8. The van der Waals surface area contributed by atoms with Crippen LogP contribution in [0.25, 0.3) is 0 Å². The van der Waals surface area contributed by atoms with Crippen LogP contribution in [0.15, 0.2) is 54.6 Å². The SMILES string of the molecule is CCCCOCC(NC(=O)N(Cc1ccccc1)N1C(=O)c2ccccc2C1=O)C(=O)N1CCCC1C(=O)OC. The molecule has 40 heavy (non-hydrogen) atoms. The first-order valence-electron chi connectivity index (χ1n) is 13.4. The van der Waals surface area contributed by atoms with Gasteiger partial charge in [-0.05, 0) is 37.0 Å². The Hall–Kier alpha value is -4.25. The molecule has 1 N–H and O–H groups in total. The summed E-state index contributed by atoms with van der Waals surface area (Å²) >= 11 is 0. The van der Waals surface area contributed by atoms with Crippen LogP contribution < -0.4 is 5.32 Å². The van der Waals surface area contributed by atoms with Crippen molar-refractivity contribution in [1.29, 1.82) is 0 Å². The molecule has 11 heteroatoms. The largest absolute Gasteiger partial charge is 0.467 e. The van der Waals surface area contributed by atoms with Crippen LogP contribution in [0, 0.1) is 0 Å². The summed E-state index contributed by atoms with van der Waals surface area (Å²) in [4.78, 5) is 67.8. The monoisotopic (exact) mass is 550 g/mol. The second-order valence-corrected chi connectivity index (χ2v) is 9.65. The van der Waals surface area contributed by atoms with E-state index < -0.39 is 41.8 Å². The second-order valence-electron chi connectivity index (χ2n) is 9.65. The fourth-order valence-corrected chi connectivity index (χ4v) is 4.84. The number of hydrazine groups is 1. The summed E-state index contributed by atoms with van der Waals surface area (Å²) in [6, 6.07) is 12.5. The number of fused-ring (bicyclic) bond motifs is 1. The van der Waals surface area contributed by atoms with Gasteiger partial charge in [-0.15, -0.1) is 0 Å². The fourth-order valence-electron chi connectivity index (χ4n) is 4.84. The van der Waals surface area contributed by atoms with Crippen molar-refractivity contribution in [3.63, 3.8) is 0 Å². The van der Waals surface area contributed by atoms with Gasteiger partial charge < -0.3 is 19.7 Å². The van der Waals surface area contributed by atoms with Gasteiger partial charge in [-0.1, -0.05) is 55.8 Å². The predicted molar refractivity (Wildman–Crippen MR) is 144 cm³/mol. The lowest BCUT2D eigenvalue weighted by molar-refractivity contribution is -0.152. The van der Waals surface area contributed by atoms with E-state index in [1.807, 2.05) is 13.0 Å². The molecule has 4 rings (SSSR count). The molecule has 0 aromatic heterocycles. The molecule has 0 aliphatic carbocycles. The van der Waals surface area contributed by atoms with Crippen LogP contribution in [0.3, 0.4) is 0 Å². The van der Waals surface area contributed by atoms with E-state index in [0.29, 0.717) is 31.6 Å². The van der Waals surface area contributed by atoms with Gasteiger partial charge in [0.15, 0.2) is 0 Å². The van der Waals surface area contributed by atoms with Crippen molar-refractivity contribution in [1.82, 2.24) is 20.2 Å². The lowest BCUT2D eigenvalue weighted by Gasteiger charge is -2.33. The van der Waals surface area contributed by atoms with Crippen LogP contribution in [-0.4, -0.2) is 83.6 Å². The number of methoxy groups -OCH3 is 1. The van der Waals surface area contributed by atoms with Crippen molar-refractivity contribution in [2.45, 2.75) is 51.2 Å². The molecule has 212 valence electrons. The molecule has 2 unspecified atom stereocenters. The second kappa shape index (κ2) is 13.2. The zero-order chi connectivity index (χ0) is 28.6. The molecule has 0 radical (unpaired) electrons. The Morgan fingerprint density at radius 2 is 1.68 bits per heavy atom. The number of nitrogens with one attached hydrogen (secondary N) is 1. The zero-order valence-electron chi connectivity index (χ0n) is 22.7. The number of carbonyl (C=O) groups excluding carboxylic acids is 5. The highest BCUT2D eigenvalue weighted by atomic mass is 16.5. The molecule has 2 heterocycles. The summed E-state index contributed by atoms with van der Waals surface area (Å²) in [7, 11) is 1.26. The summed E-state index contributed by atoms with van der Waals surface area (Å²) in [5, 5.41) is 4.50. The van der Waals surface area contributed by atoms with Gasteiger partial charge in [0.2, 0.25) is 5.91 Å². The average Bonchev–Trinajstić information content (AvgIpc) is 3.56. The minimum atomic E-state index is -1.16. The molecule has 5 amide bonds. The Labute approximate surface area is 233 Å². The number of rotatable bonds is 11. The highest BCUT2D eigenvalue weighted by Gasteiger charge is 2.43. The van der Waals surface area contributed by atoms with Crippen molar-refractivity contribution in [2.24, 2.45) is 0 Å². The van der Waals surface area contributed by atoms with Crippen LogP contribution in [0.4, 0.5) is 4.79 Å². The number of hydrogen-bond acceptors (Lipinski definition) is 7. The number of urea groups is 1. The highest BCUT2D eigenvalue weighted by molar-refractivity contribution is 6.21. The first kappa shape index (κ1) is 28.8. The van der Waals surface area contributed by atoms with Crippen molar-refractivity contribution in [3.8, 4) is 0 Å². The van der Waals surface area contributed by atoms with Crippen molar-refractivity contribution in [2.75, 3.05) is 26.9 Å². The summed E-state index contributed by atoms with van der Waals surface area (Å²) < 4.78 is 10.6. The molecule has 2 aromatic rings. The fraction of sp³-hybridized carbons (Fsp3) is 0.414. The Balaban J connectivity index is 1.61. The standard InChI is InChI=1S/C29H34N4O7/c1-3-4-17-40-19-23(27(36)31-16-10-15-24(31)28(37)39-2)30-29(38)32(18-20-11-6-5-7-12-20)33-25(34)21-13-8-9-14-22(21)26(33)35/h5-9,11-14,23-24H,3-4,10,15-19H2,1-2H3,(H,30,38). The Morgan fingerprint density at radius 1 is 1.02 bits per heavy atom. The first-order valence-corrected chi connectivity index (χ1v) is 13.4. The Bertz CT molecular complexity index is 1220. The number of benzene rings is 2. The van der Waals surface area contributed by atoms with Crippen LogP contribution >= 0.6 is 0 Å². The van der Waals surface area contributed by atoms with E-state index in [1.165, 1.54) is 24.1 Å². The molecule has 0 spiro atoms. The highest BCUT2D eigenvalue weighted by Crippen LogP contribution is 2.26. The summed E-state index contributed by atoms with van der Waals surface area (Å²) in [5.41, 5.74) is 1.04. The van der Waals surface area contributed by atoms with Crippen LogP contribution in [0.5, 0.6) is 0 Å². The number of ether oxygens (including phenoxy) is 2. The van der Waals surface area contributed by atoms with Crippen molar-refractivity contribution >= 4 is 29.7 Å². The van der Waals surface area contributed by atoms with E-state index in [9.17, 15) is 24.0 Å². The number of esters is 1. The Kier molecular flexibility index (Phi) is 9.49. The molecular weight excluding hydrogens is 516 g/mol. The van der Waals surface area contributed by atoms with Gasteiger partial charge in [-0.25, -0.2) is 14.6 Å². The topological polar surface area (TPSA) is 126 Å². The van der Waals surface area contributed by atoms with Gasteiger partial charge in [-0.3, -0.25) is 14.4 Å². The third-order valence-corrected chi connectivity index (χ3v) is 6.96. The molecule has 11 nitrogen and oxygen atoms in total. The van der Waals surface area contributed by atoms with Crippen LogP contribution in [0.1, 0.15) is 58.9 Å². The minimum Gasteiger partial charge on any atom is -0.467 e. The summed E-state index contributed by atoms with van der Waals surface area (Å²) in [5.74, 6) is -2.31.